The van der Waals surface area contributed by atoms with Gasteiger partial charge in [0.15, 0.2) is 0 Å². The van der Waals surface area contributed by atoms with Gasteiger partial charge in [-0.15, -0.1) is 0 Å². The van der Waals surface area contributed by atoms with Gasteiger partial charge < -0.3 is 16.0 Å². The van der Waals surface area contributed by atoms with Crippen LogP contribution in [0.4, 0.5) is 15.8 Å². The second kappa shape index (κ2) is 5.36. The summed E-state index contributed by atoms with van der Waals surface area (Å²) < 4.78 is 13.9. The quantitative estimate of drug-likeness (QED) is 0.770. The molecule has 0 saturated carbocycles. The molecule has 1 unspecified atom stereocenters. The fraction of sp³-hybridized carbons (Fsp3) is 0.385. The van der Waals surface area contributed by atoms with Gasteiger partial charge in [-0.3, -0.25) is 9.59 Å². The Kier molecular flexibility index (Phi) is 3.80. The van der Waals surface area contributed by atoms with E-state index in [4.69, 9.17) is 0 Å². The first-order chi connectivity index (χ1) is 9.01. The van der Waals surface area contributed by atoms with Gasteiger partial charge in [-0.2, -0.15) is 0 Å². The summed E-state index contributed by atoms with van der Waals surface area (Å²) >= 11 is 0. The van der Waals surface area contributed by atoms with Gasteiger partial charge in [-0.1, -0.05) is 0 Å². The van der Waals surface area contributed by atoms with Crippen molar-refractivity contribution in [3.05, 3.63) is 23.5 Å². The maximum absolute atomic E-state index is 13.9. The number of fused-ring (bicyclic) bond motifs is 1. The molecule has 1 aliphatic rings. The molecule has 1 aliphatic heterocycles. The minimum absolute atomic E-state index is 0.0769. The topological polar surface area (TPSA) is 70.2 Å². The first kappa shape index (κ1) is 13.5. The van der Waals surface area contributed by atoms with Crippen LogP contribution in [0.3, 0.4) is 0 Å². The zero-order valence-corrected chi connectivity index (χ0v) is 10.8. The molecule has 19 heavy (non-hydrogen) atoms. The molecule has 0 aromatic heterocycles. The molecule has 1 aromatic carbocycles. The van der Waals surface area contributed by atoms with Gasteiger partial charge in [0.25, 0.3) is 0 Å². The van der Waals surface area contributed by atoms with Gasteiger partial charge in [0, 0.05) is 12.1 Å². The van der Waals surface area contributed by atoms with Crippen LogP contribution in [0.1, 0.15) is 18.9 Å². The normalized spacial score (nSPS) is 15.4. The SMILES string of the molecule is CNC(C)C(=O)Nc1cc2c(cc1F)CCC(=O)N2. The predicted molar refractivity (Wildman–Crippen MR) is 70.5 cm³/mol. The van der Waals surface area contributed by atoms with E-state index in [1.54, 1.807) is 14.0 Å². The molecule has 1 atom stereocenters. The number of rotatable bonds is 3. The van der Waals surface area contributed by atoms with Crippen molar-refractivity contribution in [2.24, 2.45) is 0 Å². The van der Waals surface area contributed by atoms with Crippen LogP contribution in [-0.2, 0) is 16.0 Å². The van der Waals surface area contributed by atoms with Crippen LogP contribution in [0.2, 0.25) is 0 Å². The van der Waals surface area contributed by atoms with Crippen molar-refractivity contribution in [1.82, 2.24) is 5.32 Å². The zero-order valence-electron chi connectivity index (χ0n) is 10.8. The van der Waals surface area contributed by atoms with Crippen molar-refractivity contribution >= 4 is 23.2 Å². The van der Waals surface area contributed by atoms with E-state index in [2.05, 4.69) is 16.0 Å². The maximum atomic E-state index is 13.9. The molecule has 2 rings (SSSR count). The van der Waals surface area contributed by atoms with Crippen LogP contribution in [0.25, 0.3) is 0 Å². The van der Waals surface area contributed by atoms with Crippen molar-refractivity contribution in [3.8, 4) is 0 Å². The summed E-state index contributed by atoms with van der Waals surface area (Å²) in [6.45, 7) is 1.67. The zero-order chi connectivity index (χ0) is 14.0. The van der Waals surface area contributed by atoms with E-state index in [1.807, 2.05) is 0 Å². The van der Waals surface area contributed by atoms with E-state index >= 15 is 0 Å². The number of anilines is 2. The smallest absolute Gasteiger partial charge is 0.241 e. The highest BCUT2D eigenvalue weighted by Gasteiger charge is 2.19. The van der Waals surface area contributed by atoms with Crippen LogP contribution in [0, 0.1) is 5.82 Å². The number of hydrogen-bond acceptors (Lipinski definition) is 3. The number of aryl methyl sites for hydroxylation is 1. The largest absolute Gasteiger partial charge is 0.326 e. The second-order valence-corrected chi connectivity index (χ2v) is 4.54. The molecule has 6 heteroatoms. The Bertz CT molecular complexity index is 531. The first-order valence-corrected chi connectivity index (χ1v) is 6.11. The number of hydrogen-bond donors (Lipinski definition) is 3. The summed E-state index contributed by atoms with van der Waals surface area (Å²) in [5.74, 6) is -0.921. The molecule has 102 valence electrons. The van der Waals surface area contributed by atoms with Crippen LogP contribution in [-0.4, -0.2) is 24.9 Å². The molecule has 0 aliphatic carbocycles. The molecule has 1 heterocycles. The van der Waals surface area contributed by atoms with Gasteiger partial charge in [0.05, 0.1) is 11.7 Å². The van der Waals surface area contributed by atoms with E-state index in [-0.39, 0.29) is 17.5 Å². The highest BCUT2D eigenvalue weighted by molar-refractivity contribution is 5.97. The number of carbonyl (C=O) groups is 2. The monoisotopic (exact) mass is 265 g/mol. The molecule has 3 N–H and O–H groups in total. The summed E-state index contributed by atoms with van der Waals surface area (Å²) in [6.07, 6.45) is 0.869. The van der Waals surface area contributed by atoms with Crippen LogP contribution >= 0.6 is 0 Å². The van der Waals surface area contributed by atoms with Gasteiger partial charge in [0.1, 0.15) is 5.82 Å². The minimum Gasteiger partial charge on any atom is -0.326 e. The minimum atomic E-state index is -0.494. The van der Waals surface area contributed by atoms with Gasteiger partial charge in [-0.25, -0.2) is 4.39 Å². The number of carbonyl (C=O) groups excluding carboxylic acids is 2. The summed E-state index contributed by atoms with van der Waals surface area (Å²) in [6, 6.07) is 2.39. The van der Waals surface area contributed by atoms with Crippen LogP contribution < -0.4 is 16.0 Å². The highest BCUT2D eigenvalue weighted by Crippen LogP contribution is 2.28. The fourth-order valence-corrected chi connectivity index (χ4v) is 1.87. The van der Waals surface area contributed by atoms with E-state index in [0.29, 0.717) is 18.5 Å². The van der Waals surface area contributed by atoms with Gasteiger partial charge >= 0.3 is 0 Å². The van der Waals surface area contributed by atoms with Gasteiger partial charge in [-0.05, 0) is 38.1 Å². The lowest BCUT2D eigenvalue weighted by Crippen LogP contribution is -2.35. The molecular formula is C13H16FN3O2. The molecule has 1 aromatic rings. The molecule has 0 saturated heterocycles. The lowest BCUT2D eigenvalue weighted by molar-refractivity contribution is -0.118. The van der Waals surface area contributed by atoms with Crippen molar-refractivity contribution in [2.75, 3.05) is 17.7 Å². The Morgan fingerprint density at radius 3 is 2.84 bits per heavy atom. The van der Waals surface area contributed by atoms with E-state index in [0.717, 1.165) is 5.56 Å². The summed E-state index contributed by atoms with van der Waals surface area (Å²) in [5, 5.41) is 7.94. The Balaban J connectivity index is 2.24. The number of halogens is 1. The number of amides is 2. The molecular weight excluding hydrogens is 249 g/mol. The van der Waals surface area contributed by atoms with E-state index in [1.165, 1.54) is 12.1 Å². The average molecular weight is 265 g/mol. The van der Waals surface area contributed by atoms with E-state index in [9.17, 15) is 14.0 Å². The van der Waals surface area contributed by atoms with Gasteiger partial charge in [0.2, 0.25) is 11.8 Å². The highest BCUT2D eigenvalue weighted by atomic mass is 19.1. The fourth-order valence-electron chi connectivity index (χ4n) is 1.87. The van der Waals surface area contributed by atoms with Crippen molar-refractivity contribution in [2.45, 2.75) is 25.8 Å². The average Bonchev–Trinajstić information content (AvgIpc) is 2.39. The molecule has 0 fully saturated rings. The molecule has 2 amide bonds. The standard InChI is InChI=1S/C13H16FN3O2/c1-7(15-2)13(19)17-11-6-10-8(5-9(11)14)3-4-12(18)16-10/h5-7,15H,3-4H2,1-2H3,(H,16,18)(H,17,19). The molecule has 0 spiro atoms. The Morgan fingerprint density at radius 2 is 2.16 bits per heavy atom. The number of nitrogens with one attached hydrogen (secondary N) is 3. The summed E-state index contributed by atoms with van der Waals surface area (Å²) in [4.78, 5) is 23.0. The lowest BCUT2D eigenvalue weighted by Gasteiger charge is -2.19. The second-order valence-electron chi connectivity index (χ2n) is 4.54. The summed E-state index contributed by atoms with van der Waals surface area (Å²) in [5.41, 5.74) is 1.38. The third kappa shape index (κ3) is 2.90. The first-order valence-electron chi connectivity index (χ1n) is 6.11. The Hall–Kier alpha value is -1.95. The van der Waals surface area contributed by atoms with E-state index < -0.39 is 11.9 Å². The Labute approximate surface area is 110 Å². The van der Waals surface area contributed by atoms with Crippen molar-refractivity contribution in [1.29, 1.82) is 0 Å². The Morgan fingerprint density at radius 1 is 1.42 bits per heavy atom. The van der Waals surface area contributed by atoms with Crippen molar-refractivity contribution in [3.63, 3.8) is 0 Å². The number of likely N-dealkylation sites (N-methyl/N-ethyl adjacent to an activating group) is 1. The number of benzene rings is 1. The molecule has 5 nitrogen and oxygen atoms in total. The van der Waals surface area contributed by atoms with Crippen LogP contribution in [0.15, 0.2) is 12.1 Å². The lowest BCUT2D eigenvalue weighted by atomic mass is 10.0. The predicted octanol–water partition coefficient (Wildman–Crippen LogP) is 1.26. The summed E-state index contributed by atoms with van der Waals surface area (Å²) in [7, 11) is 1.65. The maximum Gasteiger partial charge on any atom is 0.241 e. The molecule has 0 bridgehead atoms. The van der Waals surface area contributed by atoms with Crippen molar-refractivity contribution < 1.29 is 14.0 Å². The third-order valence-corrected chi connectivity index (χ3v) is 3.17. The third-order valence-electron chi connectivity index (χ3n) is 3.17. The molecule has 0 radical (unpaired) electrons. The van der Waals surface area contributed by atoms with Crippen LogP contribution in [0.5, 0.6) is 0 Å².